The zero-order chi connectivity index (χ0) is 13.5. The zero-order valence-corrected chi connectivity index (χ0v) is 11.1. The second kappa shape index (κ2) is 6.77. The molecule has 0 heterocycles. The molecule has 0 fully saturated rings. The molecule has 0 unspecified atom stereocenters. The van der Waals surface area contributed by atoms with Gasteiger partial charge in [0.1, 0.15) is 12.4 Å². The summed E-state index contributed by atoms with van der Waals surface area (Å²) in [5, 5.41) is 11.0. The highest BCUT2D eigenvalue weighted by molar-refractivity contribution is 5.92. The van der Waals surface area contributed by atoms with Crippen molar-refractivity contribution in [3.8, 4) is 11.8 Å². The molecule has 2 aromatic carbocycles. The van der Waals surface area contributed by atoms with E-state index in [4.69, 9.17) is 14.7 Å². The second-order valence-electron chi connectivity index (χ2n) is 4.23. The highest BCUT2D eigenvalue weighted by Gasteiger charge is 2.05. The zero-order valence-electron chi connectivity index (χ0n) is 11.1. The van der Waals surface area contributed by atoms with Crippen molar-refractivity contribution in [2.24, 2.45) is 0 Å². The van der Waals surface area contributed by atoms with Crippen molar-refractivity contribution in [3.05, 3.63) is 42.0 Å². The Morgan fingerprint density at radius 1 is 1.00 bits per heavy atom. The first-order chi connectivity index (χ1) is 9.36. The Morgan fingerprint density at radius 3 is 2.53 bits per heavy atom. The van der Waals surface area contributed by atoms with Crippen LogP contribution in [0.15, 0.2) is 36.4 Å². The molecule has 0 N–H and O–H groups in total. The fraction of sp³-hybridized carbons (Fsp3) is 0.312. The molecule has 0 atom stereocenters. The van der Waals surface area contributed by atoms with Gasteiger partial charge in [0.05, 0.1) is 18.2 Å². The number of nitrogens with zero attached hydrogens (tertiary/aromatic N) is 1. The van der Waals surface area contributed by atoms with E-state index in [1.165, 1.54) is 0 Å². The van der Waals surface area contributed by atoms with Crippen molar-refractivity contribution in [1.82, 2.24) is 0 Å². The molecule has 0 radical (unpaired) electrons. The molecule has 0 aliphatic heterocycles. The van der Waals surface area contributed by atoms with Crippen LogP contribution in [0.5, 0.6) is 5.75 Å². The van der Waals surface area contributed by atoms with Crippen LogP contribution in [0.25, 0.3) is 10.8 Å². The van der Waals surface area contributed by atoms with Gasteiger partial charge in [0.15, 0.2) is 0 Å². The molecule has 0 saturated carbocycles. The SMILES string of the molecule is CCCOCCOc1ccc(C#N)c2ccccc12. The fourth-order valence-electron chi connectivity index (χ4n) is 1.95. The summed E-state index contributed by atoms with van der Waals surface area (Å²) in [6.07, 6.45) is 1.01. The van der Waals surface area contributed by atoms with Gasteiger partial charge in [-0.2, -0.15) is 5.26 Å². The van der Waals surface area contributed by atoms with Crippen LogP contribution in [0.3, 0.4) is 0 Å². The lowest BCUT2D eigenvalue weighted by Crippen LogP contribution is -2.07. The van der Waals surface area contributed by atoms with Crippen LogP contribution in [0.1, 0.15) is 18.9 Å². The molecule has 2 aromatic rings. The van der Waals surface area contributed by atoms with E-state index in [1.807, 2.05) is 30.3 Å². The van der Waals surface area contributed by atoms with Crippen LogP contribution in [-0.4, -0.2) is 19.8 Å². The number of ether oxygens (including phenoxy) is 2. The Hall–Kier alpha value is -2.05. The van der Waals surface area contributed by atoms with E-state index in [1.54, 1.807) is 6.07 Å². The third-order valence-corrected chi connectivity index (χ3v) is 2.84. The van der Waals surface area contributed by atoms with Crippen molar-refractivity contribution >= 4 is 10.8 Å². The lowest BCUT2D eigenvalue weighted by Gasteiger charge is -2.10. The molecule has 0 aliphatic carbocycles. The molecule has 0 amide bonds. The Bertz CT molecular complexity index is 587. The smallest absolute Gasteiger partial charge is 0.127 e. The molecule has 0 spiro atoms. The molecule has 98 valence electrons. The van der Waals surface area contributed by atoms with Gasteiger partial charge in [-0.05, 0) is 18.6 Å². The number of nitriles is 1. The first-order valence-electron chi connectivity index (χ1n) is 6.49. The van der Waals surface area contributed by atoms with Crippen LogP contribution in [-0.2, 0) is 4.74 Å². The fourth-order valence-corrected chi connectivity index (χ4v) is 1.95. The molecule has 0 bridgehead atoms. The van der Waals surface area contributed by atoms with E-state index in [0.29, 0.717) is 18.8 Å². The summed E-state index contributed by atoms with van der Waals surface area (Å²) in [5.74, 6) is 0.801. The Kier molecular flexibility index (Phi) is 4.77. The summed E-state index contributed by atoms with van der Waals surface area (Å²) in [4.78, 5) is 0. The maximum absolute atomic E-state index is 9.09. The first kappa shape index (κ1) is 13.4. The number of hydrogen-bond donors (Lipinski definition) is 0. The highest BCUT2D eigenvalue weighted by Crippen LogP contribution is 2.28. The van der Waals surface area contributed by atoms with Gasteiger partial charge in [-0.3, -0.25) is 0 Å². The Labute approximate surface area is 113 Å². The monoisotopic (exact) mass is 255 g/mol. The molecule has 3 heteroatoms. The normalized spacial score (nSPS) is 10.3. The lowest BCUT2D eigenvalue weighted by molar-refractivity contribution is 0.101. The number of benzene rings is 2. The van der Waals surface area contributed by atoms with Crippen LogP contribution < -0.4 is 4.74 Å². The topological polar surface area (TPSA) is 42.2 Å². The third-order valence-electron chi connectivity index (χ3n) is 2.84. The highest BCUT2D eigenvalue weighted by atomic mass is 16.5. The number of hydrogen-bond acceptors (Lipinski definition) is 3. The molecular weight excluding hydrogens is 238 g/mol. The van der Waals surface area contributed by atoms with Crippen LogP contribution in [0.2, 0.25) is 0 Å². The summed E-state index contributed by atoms with van der Waals surface area (Å²) >= 11 is 0. The lowest BCUT2D eigenvalue weighted by atomic mass is 10.0. The molecule has 0 saturated heterocycles. The van der Waals surface area contributed by atoms with Gasteiger partial charge in [-0.1, -0.05) is 31.2 Å². The molecule has 0 aliphatic rings. The van der Waals surface area contributed by atoms with Crippen molar-refractivity contribution in [3.63, 3.8) is 0 Å². The summed E-state index contributed by atoms with van der Waals surface area (Å²) in [6, 6.07) is 13.6. The van der Waals surface area contributed by atoms with Gasteiger partial charge < -0.3 is 9.47 Å². The van der Waals surface area contributed by atoms with E-state index < -0.39 is 0 Å². The largest absolute Gasteiger partial charge is 0.491 e. The molecule has 2 rings (SSSR count). The van der Waals surface area contributed by atoms with E-state index in [2.05, 4.69) is 13.0 Å². The summed E-state index contributed by atoms with van der Waals surface area (Å²) < 4.78 is 11.1. The van der Waals surface area contributed by atoms with Crippen molar-refractivity contribution in [2.45, 2.75) is 13.3 Å². The summed E-state index contributed by atoms with van der Waals surface area (Å²) in [5.41, 5.74) is 0.671. The van der Waals surface area contributed by atoms with Crippen LogP contribution in [0, 0.1) is 11.3 Å². The minimum absolute atomic E-state index is 0.524. The molecule has 19 heavy (non-hydrogen) atoms. The van der Waals surface area contributed by atoms with Crippen molar-refractivity contribution in [1.29, 1.82) is 5.26 Å². The van der Waals surface area contributed by atoms with Gasteiger partial charge in [-0.25, -0.2) is 0 Å². The minimum Gasteiger partial charge on any atom is -0.491 e. The van der Waals surface area contributed by atoms with Gasteiger partial charge in [0.2, 0.25) is 0 Å². The van der Waals surface area contributed by atoms with Crippen molar-refractivity contribution in [2.75, 3.05) is 19.8 Å². The average Bonchev–Trinajstić information content (AvgIpc) is 2.47. The van der Waals surface area contributed by atoms with Crippen LogP contribution >= 0.6 is 0 Å². The maximum Gasteiger partial charge on any atom is 0.127 e. The number of fused-ring (bicyclic) bond motifs is 1. The average molecular weight is 255 g/mol. The van der Waals surface area contributed by atoms with Crippen LogP contribution in [0.4, 0.5) is 0 Å². The quantitative estimate of drug-likeness (QED) is 0.742. The summed E-state index contributed by atoms with van der Waals surface area (Å²) in [7, 11) is 0. The first-order valence-corrected chi connectivity index (χ1v) is 6.49. The number of rotatable bonds is 6. The minimum atomic E-state index is 0.524. The second-order valence-corrected chi connectivity index (χ2v) is 4.23. The van der Waals surface area contributed by atoms with E-state index >= 15 is 0 Å². The molecule has 0 aromatic heterocycles. The van der Waals surface area contributed by atoms with Gasteiger partial charge >= 0.3 is 0 Å². The predicted octanol–water partition coefficient (Wildman–Crippen LogP) is 3.52. The van der Waals surface area contributed by atoms with Crippen molar-refractivity contribution < 1.29 is 9.47 Å². The molecular formula is C16H17NO2. The molecule has 3 nitrogen and oxygen atoms in total. The van der Waals surface area contributed by atoms with E-state index in [9.17, 15) is 0 Å². The third kappa shape index (κ3) is 3.24. The maximum atomic E-state index is 9.09. The standard InChI is InChI=1S/C16H17NO2/c1-2-9-18-10-11-19-16-8-7-13(12-17)14-5-3-4-6-15(14)16/h3-8H,2,9-11H2,1H3. The Balaban J connectivity index is 2.14. The predicted molar refractivity (Wildman–Crippen MR) is 75.3 cm³/mol. The Morgan fingerprint density at radius 2 is 1.79 bits per heavy atom. The van der Waals surface area contributed by atoms with Gasteiger partial charge in [0.25, 0.3) is 0 Å². The van der Waals surface area contributed by atoms with Gasteiger partial charge in [-0.15, -0.1) is 0 Å². The van der Waals surface area contributed by atoms with Gasteiger partial charge in [0, 0.05) is 17.4 Å². The summed E-state index contributed by atoms with van der Waals surface area (Å²) in [6.45, 7) is 3.95. The van der Waals surface area contributed by atoms with E-state index in [0.717, 1.165) is 29.5 Å². The van der Waals surface area contributed by atoms with E-state index in [-0.39, 0.29) is 0 Å².